The summed E-state index contributed by atoms with van der Waals surface area (Å²) in [5, 5.41) is 7.74. The molecule has 37 heavy (non-hydrogen) atoms. The van der Waals surface area contributed by atoms with Crippen LogP contribution < -0.4 is 5.32 Å². The molecule has 0 spiro atoms. The molecule has 1 saturated heterocycles. The van der Waals surface area contributed by atoms with Crippen LogP contribution in [0.3, 0.4) is 0 Å². The number of benzene rings is 2. The average molecular weight is 500 g/mol. The van der Waals surface area contributed by atoms with Gasteiger partial charge in [-0.05, 0) is 68.0 Å². The lowest BCUT2D eigenvalue weighted by Crippen LogP contribution is -2.33. The monoisotopic (exact) mass is 499 g/mol. The van der Waals surface area contributed by atoms with Crippen molar-refractivity contribution in [1.82, 2.24) is 24.9 Å². The normalized spacial score (nSPS) is 16.5. The third kappa shape index (κ3) is 5.32. The van der Waals surface area contributed by atoms with Crippen molar-refractivity contribution in [3.8, 4) is 0 Å². The quantitative estimate of drug-likeness (QED) is 0.548. The van der Waals surface area contributed by atoms with E-state index < -0.39 is 0 Å². The molecule has 0 saturated carbocycles. The first-order chi connectivity index (χ1) is 17.8. The number of aryl methyl sites for hydroxylation is 3. The van der Waals surface area contributed by atoms with Crippen molar-refractivity contribution in [1.29, 1.82) is 0 Å². The maximum atomic E-state index is 13.1. The summed E-state index contributed by atoms with van der Waals surface area (Å²) in [6.07, 6.45) is 3.03. The van der Waals surface area contributed by atoms with Gasteiger partial charge in [0.1, 0.15) is 0 Å². The highest BCUT2D eigenvalue weighted by Gasteiger charge is 2.30. The third-order valence-corrected chi connectivity index (χ3v) is 7.92. The Kier molecular flexibility index (Phi) is 7.15. The fourth-order valence-corrected chi connectivity index (χ4v) is 5.44. The molecule has 1 fully saturated rings. The number of hydrogen-bond acceptors (Lipinski definition) is 4. The van der Waals surface area contributed by atoms with Gasteiger partial charge >= 0.3 is 0 Å². The average Bonchev–Trinajstić information content (AvgIpc) is 3.54. The molecule has 2 aliphatic heterocycles. The van der Waals surface area contributed by atoms with Gasteiger partial charge in [0.25, 0.3) is 11.8 Å². The van der Waals surface area contributed by atoms with Gasteiger partial charge in [0.05, 0.1) is 6.04 Å². The van der Waals surface area contributed by atoms with Crippen LogP contribution in [0.1, 0.15) is 80.2 Å². The lowest BCUT2D eigenvalue weighted by atomic mass is 10.0. The van der Waals surface area contributed by atoms with Crippen molar-refractivity contribution < 1.29 is 9.59 Å². The summed E-state index contributed by atoms with van der Waals surface area (Å²) in [6, 6.07) is 14.1. The van der Waals surface area contributed by atoms with E-state index in [0.29, 0.717) is 17.8 Å². The van der Waals surface area contributed by atoms with Crippen molar-refractivity contribution in [2.75, 3.05) is 19.6 Å². The maximum Gasteiger partial charge on any atom is 0.274 e. The number of fused-ring (bicyclic) bond motifs is 1. The molecule has 0 bridgehead atoms. The fourth-order valence-electron chi connectivity index (χ4n) is 5.44. The number of rotatable bonds is 6. The Morgan fingerprint density at radius 3 is 2.43 bits per heavy atom. The second kappa shape index (κ2) is 10.5. The van der Waals surface area contributed by atoms with Crippen LogP contribution in [0.15, 0.2) is 42.5 Å². The lowest BCUT2D eigenvalue weighted by molar-refractivity contribution is 0.0783. The van der Waals surface area contributed by atoms with Gasteiger partial charge in [-0.25, -0.2) is 0 Å². The molecule has 0 unspecified atom stereocenters. The van der Waals surface area contributed by atoms with Gasteiger partial charge in [-0.2, -0.15) is 5.10 Å². The summed E-state index contributed by atoms with van der Waals surface area (Å²) in [7, 11) is 1.94. The zero-order valence-corrected chi connectivity index (χ0v) is 22.4. The predicted molar refractivity (Wildman–Crippen MR) is 144 cm³/mol. The molecule has 3 aromatic rings. The van der Waals surface area contributed by atoms with Crippen molar-refractivity contribution >= 4 is 11.8 Å². The zero-order valence-electron chi connectivity index (χ0n) is 22.4. The lowest BCUT2D eigenvalue weighted by Gasteiger charge is -2.28. The topological polar surface area (TPSA) is 70.5 Å². The third-order valence-electron chi connectivity index (χ3n) is 7.92. The fraction of sp³-hybridized carbons (Fsp3) is 0.433. The molecule has 3 heterocycles. The summed E-state index contributed by atoms with van der Waals surface area (Å²) in [5.41, 5.74) is 8.26. The Morgan fingerprint density at radius 1 is 1.00 bits per heavy atom. The van der Waals surface area contributed by atoms with E-state index in [4.69, 9.17) is 0 Å². The van der Waals surface area contributed by atoms with E-state index >= 15 is 0 Å². The molecular weight excluding hydrogens is 462 g/mol. The van der Waals surface area contributed by atoms with Crippen LogP contribution in [0.25, 0.3) is 0 Å². The number of likely N-dealkylation sites (tertiary alicyclic amines) is 1. The van der Waals surface area contributed by atoms with Crippen molar-refractivity contribution in [3.63, 3.8) is 0 Å². The van der Waals surface area contributed by atoms with Crippen molar-refractivity contribution in [3.05, 3.63) is 87.2 Å². The molecule has 7 heteroatoms. The molecule has 1 aromatic heterocycles. The number of carbonyl (C=O) groups excluding carboxylic acids is 2. The maximum absolute atomic E-state index is 13.1. The Balaban J connectivity index is 1.22. The molecule has 0 aliphatic carbocycles. The number of nitrogens with zero attached hydrogens (tertiary/aromatic N) is 4. The van der Waals surface area contributed by atoms with Crippen LogP contribution in [0.4, 0.5) is 0 Å². The molecule has 1 atom stereocenters. The Bertz CT molecular complexity index is 1300. The molecule has 2 amide bonds. The second-order valence-corrected chi connectivity index (χ2v) is 10.6. The standard InChI is InChI=1S/C30H37N5O2/c1-20-7-10-25(17-21(20)2)22(3)31-29(36)24-11-8-23(9-12-24)18-34-16-13-27-26(19-34)28(32-33(27)4)30(37)35-14-5-6-15-35/h7-12,17,22H,5-6,13-16,18-19H2,1-4H3,(H,31,36)/t22-/m1/s1. The van der Waals surface area contributed by atoms with E-state index in [1.54, 1.807) is 0 Å². The van der Waals surface area contributed by atoms with E-state index in [2.05, 4.69) is 47.4 Å². The molecule has 0 radical (unpaired) electrons. The van der Waals surface area contributed by atoms with Crippen LogP contribution in [0, 0.1) is 13.8 Å². The van der Waals surface area contributed by atoms with Gasteiger partial charge < -0.3 is 10.2 Å². The zero-order chi connectivity index (χ0) is 26.1. The highest BCUT2D eigenvalue weighted by Crippen LogP contribution is 2.26. The summed E-state index contributed by atoms with van der Waals surface area (Å²) in [5.74, 6) is 0.00177. The minimum Gasteiger partial charge on any atom is -0.346 e. The van der Waals surface area contributed by atoms with Crippen LogP contribution >= 0.6 is 0 Å². The van der Waals surface area contributed by atoms with Gasteiger partial charge in [0.15, 0.2) is 5.69 Å². The number of nitrogens with one attached hydrogen (secondary N) is 1. The minimum atomic E-state index is -0.0691. The van der Waals surface area contributed by atoms with E-state index in [9.17, 15) is 9.59 Å². The van der Waals surface area contributed by atoms with E-state index in [1.807, 2.05) is 47.8 Å². The van der Waals surface area contributed by atoms with Gasteiger partial charge in [0.2, 0.25) is 0 Å². The van der Waals surface area contributed by atoms with Crippen LogP contribution in [0.5, 0.6) is 0 Å². The predicted octanol–water partition coefficient (Wildman–Crippen LogP) is 4.32. The first kappa shape index (κ1) is 25.2. The minimum absolute atomic E-state index is 0.0639. The molecule has 2 aliphatic rings. The second-order valence-electron chi connectivity index (χ2n) is 10.6. The van der Waals surface area contributed by atoms with Gasteiger partial charge in [-0.15, -0.1) is 0 Å². The first-order valence-corrected chi connectivity index (χ1v) is 13.3. The van der Waals surface area contributed by atoms with Gasteiger partial charge in [0, 0.05) is 63.0 Å². The molecule has 5 rings (SSSR count). The molecular formula is C30H37N5O2. The van der Waals surface area contributed by atoms with Gasteiger partial charge in [-0.3, -0.25) is 19.2 Å². The SMILES string of the molecule is Cc1ccc([C@@H](C)NC(=O)c2ccc(CN3CCc4c(c(C(=O)N5CCCC5)nn4C)C3)cc2)cc1C. The van der Waals surface area contributed by atoms with Gasteiger partial charge in [-0.1, -0.05) is 30.3 Å². The molecule has 2 aromatic carbocycles. The first-order valence-electron chi connectivity index (χ1n) is 13.3. The van der Waals surface area contributed by atoms with E-state index in [1.165, 1.54) is 16.8 Å². The van der Waals surface area contributed by atoms with Crippen LogP contribution in [-0.2, 0) is 26.6 Å². The Hall–Kier alpha value is -3.45. The smallest absolute Gasteiger partial charge is 0.274 e. The number of aromatic nitrogens is 2. The van der Waals surface area contributed by atoms with Crippen molar-refractivity contribution in [2.24, 2.45) is 7.05 Å². The summed E-state index contributed by atoms with van der Waals surface area (Å²) in [6.45, 7) is 10.3. The van der Waals surface area contributed by atoms with E-state index in [0.717, 1.165) is 62.1 Å². The largest absolute Gasteiger partial charge is 0.346 e. The Labute approximate surface area is 219 Å². The van der Waals surface area contributed by atoms with Crippen LogP contribution in [-0.4, -0.2) is 51.0 Å². The van der Waals surface area contributed by atoms with Crippen LogP contribution in [0.2, 0.25) is 0 Å². The highest BCUT2D eigenvalue weighted by atomic mass is 16.2. The van der Waals surface area contributed by atoms with Crippen molar-refractivity contribution in [2.45, 2.75) is 59.2 Å². The van der Waals surface area contributed by atoms with E-state index in [-0.39, 0.29) is 17.9 Å². The summed E-state index contributed by atoms with van der Waals surface area (Å²) < 4.78 is 1.89. The highest BCUT2D eigenvalue weighted by molar-refractivity contribution is 5.95. The molecule has 194 valence electrons. The summed E-state index contributed by atoms with van der Waals surface area (Å²) in [4.78, 5) is 30.3. The summed E-state index contributed by atoms with van der Waals surface area (Å²) >= 11 is 0. The Morgan fingerprint density at radius 2 is 1.73 bits per heavy atom. The number of amides is 2. The molecule has 7 nitrogen and oxygen atoms in total. The number of carbonyl (C=O) groups is 2. The molecule has 1 N–H and O–H groups in total. The number of hydrogen-bond donors (Lipinski definition) is 1.